The number of carbonyl (C=O) groups excluding carboxylic acids is 2. The number of fused-ring (bicyclic) bond motifs is 1. The van der Waals surface area contributed by atoms with E-state index in [0.29, 0.717) is 39.3 Å². The second kappa shape index (κ2) is 8.56. The topological polar surface area (TPSA) is 88.4 Å². The Morgan fingerprint density at radius 3 is 2.61 bits per heavy atom. The van der Waals surface area contributed by atoms with Gasteiger partial charge in [-0.3, -0.25) is 14.4 Å². The Hall–Kier alpha value is -3.32. The van der Waals surface area contributed by atoms with Crippen LogP contribution in [0.4, 0.5) is 4.39 Å². The maximum atomic E-state index is 14.7. The predicted octanol–water partition coefficient (Wildman–Crippen LogP) is 3.84. The molecule has 0 saturated heterocycles. The molecule has 0 atom stereocenters. The molecule has 7 heteroatoms. The molecule has 2 aromatic carbocycles. The van der Waals surface area contributed by atoms with Crippen LogP contribution >= 0.6 is 0 Å². The van der Waals surface area contributed by atoms with Crippen molar-refractivity contribution in [2.24, 2.45) is 5.41 Å². The molecule has 2 N–H and O–H groups in total. The Kier molecular flexibility index (Phi) is 5.93. The van der Waals surface area contributed by atoms with Gasteiger partial charge < -0.3 is 15.0 Å². The number of aliphatic hydroxyl groups excluding tert-OH is 1. The normalized spacial score (nSPS) is 13.8. The molecule has 1 heterocycles. The van der Waals surface area contributed by atoms with Crippen LogP contribution in [-0.4, -0.2) is 34.5 Å². The number of aldehydes is 1. The minimum absolute atomic E-state index is 0.109. The van der Waals surface area contributed by atoms with E-state index in [-0.39, 0.29) is 36.2 Å². The predicted molar refractivity (Wildman–Crippen MR) is 125 cm³/mol. The van der Waals surface area contributed by atoms with E-state index < -0.39 is 11.2 Å². The number of amides is 1. The summed E-state index contributed by atoms with van der Waals surface area (Å²) in [4.78, 5) is 37.4. The third-order valence-corrected chi connectivity index (χ3v) is 6.10. The number of nitrogens with one attached hydrogen (secondary N) is 1. The number of pyridine rings is 1. The Balaban J connectivity index is 1.83. The standard InChI is InChI=1S/C26H27FN2O4/c1-15-21(9-17(10-23(15)27)24(32)28-19-5-6-19)16-4-7-20-22(8-16)18(12-30)11-29(25(20)33)13-26(2,3)14-31/h4,7-12,19,31H,5-6,13-14H2,1-3H3,(H,28,32). The molecule has 0 radical (unpaired) electrons. The first-order chi connectivity index (χ1) is 15.6. The van der Waals surface area contributed by atoms with Gasteiger partial charge in [0.1, 0.15) is 5.82 Å². The number of hydrogen-bond acceptors (Lipinski definition) is 4. The summed E-state index contributed by atoms with van der Waals surface area (Å²) in [6.45, 7) is 5.44. The smallest absolute Gasteiger partial charge is 0.258 e. The molecule has 4 rings (SSSR count). The van der Waals surface area contributed by atoms with Crippen molar-refractivity contribution in [2.75, 3.05) is 6.61 Å². The van der Waals surface area contributed by atoms with Crippen molar-refractivity contribution < 1.29 is 19.1 Å². The van der Waals surface area contributed by atoms with Gasteiger partial charge in [-0.1, -0.05) is 19.9 Å². The average molecular weight is 451 g/mol. The van der Waals surface area contributed by atoms with Gasteiger partial charge in [0.05, 0.1) is 0 Å². The summed E-state index contributed by atoms with van der Waals surface area (Å²) >= 11 is 0. The highest BCUT2D eigenvalue weighted by Gasteiger charge is 2.25. The van der Waals surface area contributed by atoms with Crippen LogP contribution in [-0.2, 0) is 6.54 Å². The third-order valence-electron chi connectivity index (χ3n) is 6.10. The monoisotopic (exact) mass is 450 g/mol. The van der Waals surface area contributed by atoms with Crippen LogP contribution in [0, 0.1) is 18.2 Å². The van der Waals surface area contributed by atoms with Gasteiger partial charge in [-0.2, -0.15) is 0 Å². The highest BCUT2D eigenvalue weighted by atomic mass is 19.1. The van der Waals surface area contributed by atoms with Gasteiger partial charge in [-0.15, -0.1) is 0 Å². The average Bonchev–Trinajstić information content (AvgIpc) is 3.61. The summed E-state index contributed by atoms with van der Waals surface area (Å²) in [7, 11) is 0. The first kappa shape index (κ1) is 22.9. The highest BCUT2D eigenvalue weighted by molar-refractivity contribution is 6.00. The highest BCUT2D eigenvalue weighted by Crippen LogP contribution is 2.30. The van der Waals surface area contributed by atoms with E-state index in [9.17, 15) is 23.9 Å². The molecule has 1 aromatic heterocycles. The molecule has 1 fully saturated rings. The van der Waals surface area contributed by atoms with Crippen LogP contribution in [0.5, 0.6) is 0 Å². The molecule has 1 aliphatic carbocycles. The van der Waals surface area contributed by atoms with Gasteiger partial charge in [0.25, 0.3) is 11.5 Å². The van der Waals surface area contributed by atoms with E-state index in [0.717, 1.165) is 12.8 Å². The Morgan fingerprint density at radius 2 is 1.97 bits per heavy atom. The largest absolute Gasteiger partial charge is 0.396 e. The molecule has 6 nitrogen and oxygen atoms in total. The number of carbonyl (C=O) groups is 2. The fourth-order valence-electron chi connectivity index (χ4n) is 3.92. The molecule has 0 bridgehead atoms. The fraction of sp³-hybridized carbons (Fsp3) is 0.346. The van der Waals surface area contributed by atoms with Crippen LogP contribution in [0.15, 0.2) is 41.3 Å². The van der Waals surface area contributed by atoms with Crippen molar-refractivity contribution in [3.05, 3.63) is 69.4 Å². The Morgan fingerprint density at radius 1 is 1.24 bits per heavy atom. The molecule has 33 heavy (non-hydrogen) atoms. The lowest BCUT2D eigenvalue weighted by Crippen LogP contribution is -2.31. The molecule has 0 aliphatic heterocycles. The molecule has 172 valence electrons. The van der Waals surface area contributed by atoms with E-state index in [4.69, 9.17) is 0 Å². The molecule has 1 amide bonds. The van der Waals surface area contributed by atoms with Crippen LogP contribution in [0.1, 0.15) is 53.0 Å². The number of nitrogens with zero attached hydrogens (tertiary/aromatic N) is 1. The lowest BCUT2D eigenvalue weighted by atomic mass is 9.93. The molecule has 3 aromatic rings. The molecule has 1 aliphatic rings. The van der Waals surface area contributed by atoms with Crippen molar-refractivity contribution >= 4 is 23.0 Å². The summed E-state index contributed by atoms with van der Waals surface area (Å²) in [5, 5.41) is 13.2. The van der Waals surface area contributed by atoms with Gasteiger partial charge in [-0.25, -0.2) is 4.39 Å². The summed E-state index contributed by atoms with van der Waals surface area (Å²) in [6, 6.07) is 8.03. The summed E-state index contributed by atoms with van der Waals surface area (Å²) in [6.07, 6.45) is 4.03. The number of aromatic nitrogens is 1. The number of hydrogen-bond donors (Lipinski definition) is 2. The summed E-state index contributed by atoms with van der Waals surface area (Å²) in [5.41, 5.74) is 1.26. The van der Waals surface area contributed by atoms with Crippen LogP contribution < -0.4 is 10.9 Å². The Bertz CT molecular complexity index is 1320. The first-order valence-corrected chi connectivity index (χ1v) is 11.0. The lowest BCUT2D eigenvalue weighted by Gasteiger charge is -2.23. The lowest BCUT2D eigenvalue weighted by molar-refractivity contribution is 0.0950. The first-order valence-electron chi connectivity index (χ1n) is 11.0. The van der Waals surface area contributed by atoms with Crippen molar-refractivity contribution in [3.8, 4) is 11.1 Å². The van der Waals surface area contributed by atoms with Crippen LogP contribution in [0.2, 0.25) is 0 Å². The number of halogens is 1. The van der Waals surface area contributed by atoms with E-state index >= 15 is 0 Å². The van der Waals surface area contributed by atoms with E-state index in [2.05, 4.69) is 5.32 Å². The Labute approximate surface area is 191 Å². The molecule has 0 unspecified atom stereocenters. The zero-order chi connectivity index (χ0) is 23.9. The fourth-order valence-corrected chi connectivity index (χ4v) is 3.92. The number of benzene rings is 2. The van der Waals surface area contributed by atoms with Gasteiger partial charge in [-0.05, 0) is 66.1 Å². The second-order valence-electron chi connectivity index (χ2n) is 9.60. The van der Waals surface area contributed by atoms with E-state index in [1.54, 1.807) is 31.2 Å². The number of rotatable bonds is 7. The van der Waals surface area contributed by atoms with Crippen molar-refractivity contribution in [3.63, 3.8) is 0 Å². The van der Waals surface area contributed by atoms with Crippen molar-refractivity contribution in [1.29, 1.82) is 0 Å². The maximum absolute atomic E-state index is 14.7. The van der Waals surface area contributed by atoms with Crippen molar-refractivity contribution in [1.82, 2.24) is 9.88 Å². The van der Waals surface area contributed by atoms with Gasteiger partial charge >= 0.3 is 0 Å². The van der Waals surface area contributed by atoms with E-state index in [1.165, 1.54) is 16.8 Å². The zero-order valence-corrected chi connectivity index (χ0v) is 18.9. The van der Waals surface area contributed by atoms with Gasteiger partial charge in [0.15, 0.2) is 6.29 Å². The minimum Gasteiger partial charge on any atom is -0.396 e. The third kappa shape index (κ3) is 4.59. The SMILES string of the molecule is Cc1c(F)cc(C(=O)NC2CC2)cc1-c1ccc2c(=O)n(CC(C)(C)CO)cc(C=O)c2c1. The zero-order valence-electron chi connectivity index (χ0n) is 18.9. The maximum Gasteiger partial charge on any atom is 0.258 e. The van der Waals surface area contributed by atoms with Gasteiger partial charge in [0.2, 0.25) is 0 Å². The number of aliphatic hydroxyl groups is 1. The molecular weight excluding hydrogens is 423 g/mol. The van der Waals surface area contributed by atoms with Crippen LogP contribution in [0.3, 0.4) is 0 Å². The molecular formula is C26H27FN2O4. The van der Waals surface area contributed by atoms with Gasteiger partial charge in [0, 0.05) is 47.3 Å². The summed E-state index contributed by atoms with van der Waals surface area (Å²) in [5.74, 6) is -0.813. The minimum atomic E-state index is -0.534. The quantitative estimate of drug-likeness (QED) is 0.536. The molecule has 1 saturated carbocycles. The van der Waals surface area contributed by atoms with Crippen LogP contribution in [0.25, 0.3) is 21.9 Å². The summed E-state index contributed by atoms with van der Waals surface area (Å²) < 4.78 is 16.1. The second-order valence-corrected chi connectivity index (χ2v) is 9.60. The van der Waals surface area contributed by atoms with E-state index in [1.807, 2.05) is 13.8 Å². The molecule has 0 spiro atoms. The van der Waals surface area contributed by atoms with Crippen molar-refractivity contribution in [2.45, 2.75) is 46.2 Å².